The maximum atomic E-state index is 13.4. The maximum absolute atomic E-state index is 13.4. The number of hydrogen-bond acceptors (Lipinski definition) is 2. The molecule has 82 valence electrons. The Balaban J connectivity index is 2.23. The molecule has 1 aliphatic carbocycles. The second kappa shape index (κ2) is 4.24. The molecule has 0 aromatic heterocycles. The van der Waals surface area contributed by atoms with E-state index >= 15 is 0 Å². The van der Waals surface area contributed by atoms with Gasteiger partial charge in [-0.25, -0.2) is 8.78 Å². The summed E-state index contributed by atoms with van der Waals surface area (Å²) in [5.41, 5.74) is 2.55. The molecule has 1 aliphatic rings. The van der Waals surface area contributed by atoms with Gasteiger partial charge in [-0.15, -0.1) is 0 Å². The molecule has 1 saturated carbocycles. The number of nitrogens with one attached hydrogen (secondary N) is 1. The average Bonchev–Trinajstić information content (AvgIpc) is 2.99. The Bertz CT molecular complexity index is 330. The molecule has 1 unspecified atom stereocenters. The molecule has 0 aliphatic heterocycles. The largest absolute Gasteiger partial charge is 0.271 e. The third-order valence-electron chi connectivity index (χ3n) is 2.82. The van der Waals surface area contributed by atoms with Crippen LogP contribution in [0.25, 0.3) is 0 Å². The van der Waals surface area contributed by atoms with Gasteiger partial charge >= 0.3 is 0 Å². The van der Waals surface area contributed by atoms with E-state index < -0.39 is 17.7 Å². The van der Waals surface area contributed by atoms with E-state index in [2.05, 4.69) is 5.43 Å². The van der Waals surface area contributed by atoms with Gasteiger partial charge in [0.25, 0.3) is 0 Å². The van der Waals surface area contributed by atoms with Crippen molar-refractivity contribution in [1.82, 2.24) is 5.43 Å². The highest BCUT2D eigenvalue weighted by Gasteiger charge is 2.28. The van der Waals surface area contributed by atoms with Crippen molar-refractivity contribution in [3.05, 3.63) is 35.4 Å². The van der Waals surface area contributed by atoms with E-state index in [-0.39, 0.29) is 5.56 Å². The Labute approximate surface area is 87.4 Å². The van der Waals surface area contributed by atoms with Crippen LogP contribution < -0.4 is 11.3 Å². The molecule has 0 amide bonds. The fourth-order valence-electron chi connectivity index (χ4n) is 1.80. The van der Waals surface area contributed by atoms with E-state index in [0.29, 0.717) is 12.3 Å². The average molecular weight is 212 g/mol. The number of hydrazine groups is 1. The predicted molar refractivity (Wildman–Crippen MR) is 53.8 cm³/mol. The summed E-state index contributed by atoms with van der Waals surface area (Å²) in [6, 6.07) is 3.46. The Morgan fingerprint density at radius 3 is 2.40 bits per heavy atom. The quantitative estimate of drug-likeness (QED) is 0.593. The first-order valence-corrected chi connectivity index (χ1v) is 5.12. The molecule has 1 fully saturated rings. The highest BCUT2D eigenvalue weighted by molar-refractivity contribution is 5.23. The van der Waals surface area contributed by atoms with Gasteiger partial charge in [-0.3, -0.25) is 11.3 Å². The van der Waals surface area contributed by atoms with Crippen molar-refractivity contribution >= 4 is 0 Å². The molecule has 0 radical (unpaired) electrons. The summed E-state index contributed by atoms with van der Waals surface area (Å²) in [6.07, 6.45) is 2.97. The van der Waals surface area contributed by atoms with Gasteiger partial charge in [-0.1, -0.05) is 18.9 Å². The van der Waals surface area contributed by atoms with Crippen LogP contribution in [0, 0.1) is 17.6 Å². The Morgan fingerprint density at radius 2 is 1.93 bits per heavy atom. The van der Waals surface area contributed by atoms with E-state index in [1.807, 2.05) is 0 Å². The van der Waals surface area contributed by atoms with E-state index in [1.54, 1.807) is 0 Å². The monoisotopic (exact) mass is 212 g/mol. The molecule has 3 N–H and O–H groups in total. The lowest BCUT2D eigenvalue weighted by molar-refractivity contribution is 0.437. The van der Waals surface area contributed by atoms with Crippen LogP contribution in [0.5, 0.6) is 0 Å². The lowest BCUT2D eigenvalue weighted by Crippen LogP contribution is -2.29. The van der Waals surface area contributed by atoms with Crippen LogP contribution in [0.2, 0.25) is 0 Å². The molecule has 0 heterocycles. The van der Waals surface area contributed by atoms with E-state index in [0.717, 1.165) is 12.8 Å². The number of rotatable bonds is 4. The van der Waals surface area contributed by atoms with Gasteiger partial charge in [-0.05, 0) is 24.5 Å². The molecule has 4 heteroatoms. The lowest BCUT2D eigenvalue weighted by atomic mass is 10.0. The molecule has 1 aromatic carbocycles. The van der Waals surface area contributed by atoms with Gasteiger partial charge in [0.1, 0.15) is 11.6 Å². The number of nitrogens with two attached hydrogens (primary N) is 1. The summed E-state index contributed by atoms with van der Waals surface area (Å²) in [5, 5.41) is 0. The highest BCUT2D eigenvalue weighted by Crippen LogP contribution is 2.38. The molecule has 2 rings (SSSR count). The zero-order valence-electron chi connectivity index (χ0n) is 8.34. The minimum absolute atomic E-state index is 0.0619. The topological polar surface area (TPSA) is 38.0 Å². The van der Waals surface area contributed by atoms with Crippen LogP contribution in [0.15, 0.2) is 18.2 Å². The van der Waals surface area contributed by atoms with Crippen molar-refractivity contribution in [2.75, 3.05) is 0 Å². The molecular weight excluding hydrogens is 198 g/mol. The zero-order valence-corrected chi connectivity index (χ0v) is 8.34. The third-order valence-corrected chi connectivity index (χ3v) is 2.82. The number of hydrogen-bond donors (Lipinski definition) is 2. The first-order chi connectivity index (χ1) is 7.22. The van der Waals surface area contributed by atoms with Crippen LogP contribution in [0.3, 0.4) is 0 Å². The van der Waals surface area contributed by atoms with E-state index in [4.69, 9.17) is 5.84 Å². The molecule has 0 spiro atoms. The van der Waals surface area contributed by atoms with Crippen molar-refractivity contribution < 1.29 is 8.78 Å². The second-order valence-corrected chi connectivity index (χ2v) is 4.03. The third kappa shape index (κ3) is 2.33. The highest BCUT2D eigenvalue weighted by atomic mass is 19.1. The van der Waals surface area contributed by atoms with Crippen LogP contribution in [-0.2, 0) is 0 Å². The molecule has 15 heavy (non-hydrogen) atoms. The molecular formula is C11H14F2N2. The molecule has 1 atom stereocenters. The van der Waals surface area contributed by atoms with Crippen LogP contribution >= 0.6 is 0 Å². The molecule has 0 bridgehead atoms. The smallest absolute Gasteiger partial charge is 0.130 e. The standard InChI is InChI=1S/C11H14F2N2/c12-8-2-1-3-9(13)11(8)10(15-14)6-7-4-5-7/h1-3,7,10,15H,4-6,14H2. The van der Waals surface area contributed by atoms with Gasteiger partial charge in [0.05, 0.1) is 6.04 Å². The van der Waals surface area contributed by atoms with Gasteiger partial charge in [0.15, 0.2) is 0 Å². The van der Waals surface area contributed by atoms with E-state index in [9.17, 15) is 8.78 Å². The van der Waals surface area contributed by atoms with Crippen molar-refractivity contribution in [3.63, 3.8) is 0 Å². The van der Waals surface area contributed by atoms with Crippen molar-refractivity contribution in [2.45, 2.75) is 25.3 Å². The minimum Gasteiger partial charge on any atom is -0.271 e. The van der Waals surface area contributed by atoms with Gasteiger partial charge < -0.3 is 0 Å². The lowest BCUT2D eigenvalue weighted by Gasteiger charge is -2.17. The Kier molecular flexibility index (Phi) is 2.98. The summed E-state index contributed by atoms with van der Waals surface area (Å²) in [6.45, 7) is 0. The fourth-order valence-corrected chi connectivity index (χ4v) is 1.80. The van der Waals surface area contributed by atoms with Crippen LogP contribution in [0.4, 0.5) is 8.78 Å². The SMILES string of the molecule is NNC(CC1CC1)c1c(F)cccc1F. The van der Waals surface area contributed by atoms with Crippen molar-refractivity contribution in [3.8, 4) is 0 Å². The summed E-state index contributed by atoms with van der Waals surface area (Å²) in [7, 11) is 0. The minimum atomic E-state index is -0.529. The summed E-state index contributed by atoms with van der Waals surface area (Å²) < 4.78 is 26.8. The first-order valence-electron chi connectivity index (χ1n) is 5.12. The zero-order chi connectivity index (χ0) is 10.8. The Morgan fingerprint density at radius 1 is 1.33 bits per heavy atom. The normalized spacial score (nSPS) is 17.8. The van der Waals surface area contributed by atoms with Gasteiger partial charge in [-0.2, -0.15) is 0 Å². The first kappa shape index (κ1) is 10.5. The summed E-state index contributed by atoms with van der Waals surface area (Å²) in [5.74, 6) is 4.84. The fraction of sp³-hybridized carbons (Fsp3) is 0.455. The molecule has 0 saturated heterocycles. The van der Waals surface area contributed by atoms with E-state index in [1.165, 1.54) is 18.2 Å². The van der Waals surface area contributed by atoms with Crippen LogP contribution in [0.1, 0.15) is 30.9 Å². The number of benzene rings is 1. The van der Waals surface area contributed by atoms with Gasteiger partial charge in [0.2, 0.25) is 0 Å². The van der Waals surface area contributed by atoms with Crippen LogP contribution in [-0.4, -0.2) is 0 Å². The second-order valence-electron chi connectivity index (χ2n) is 4.03. The predicted octanol–water partition coefficient (Wildman–Crippen LogP) is 2.27. The summed E-state index contributed by atoms with van der Waals surface area (Å²) >= 11 is 0. The Hall–Kier alpha value is -1.00. The summed E-state index contributed by atoms with van der Waals surface area (Å²) in [4.78, 5) is 0. The van der Waals surface area contributed by atoms with Crippen molar-refractivity contribution in [1.29, 1.82) is 0 Å². The number of halogens is 2. The molecule has 1 aromatic rings. The maximum Gasteiger partial charge on any atom is 0.130 e. The van der Waals surface area contributed by atoms with Crippen molar-refractivity contribution in [2.24, 2.45) is 11.8 Å². The van der Waals surface area contributed by atoms with Gasteiger partial charge in [0, 0.05) is 5.56 Å². The molecule has 2 nitrogen and oxygen atoms in total.